The van der Waals surface area contributed by atoms with Crippen LogP contribution in [-0.4, -0.2) is 5.43 Å². The van der Waals surface area contributed by atoms with Gasteiger partial charge in [-0.05, 0) is 53.0 Å². The first-order valence-corrected chi connectivity index (χ1v) is 22.4. The molecule has 0 aliphatic heterocycles. The first-order chi connectivity index (χ1) is 21.1. The van der Waals surface area contributed by atoms with Gasteiger partial charge in [-0.3, -0.25) is 0 Å². The van der Waals surface area contributed by atoms with Crippen molar-refractivity contribution in [2.75, 3.05) is 0 Å². The van der Waals surface area contributed by atoms with Gasteiger partial charge in [0.15, 0.2) is 0 Å². The summed E-state index contributed by atoms with van der Waals surface area (Å²) in [6, 6.07) is 36.2. The molecule has 0 unspecified atom stereocenters. The van der Waals surface area contributed by atoms with Gasteiger partial charge in [0.2, 0.25) is 0 Å². The van der Waals surface area contributed by atoms with Crippen LogP contribution in [0, 0.1) is 27.7 Å². The summed E-state index contributed by atoms with van der Waals surface area (Å²) in [6.07, 6.45) is 0. The molecule has 0 heterocycles. The third kappa shape index (κ3) is 10.4. The summed E-state index contributed by atoms with van der Waals surface area (Å²) in [7, 11) is 0. The van der Waals surface area contributed by atoms with Gasteiger partial charge in [0.1, 0.15) is 0 Å². The normalized spacial score (nSPS) is 10.9. The summed E-state index contributed by atoms with van der Waals surface area (Å²) in [5, 5.41) is 5.48. The number of rotatable bonds is 3. The molecule has 0 nitrogen and oxygen atoms in total. The number of hydrogen-bond donors (Lipinski definition) is 0. The zero-order valence-electron chi connectivity index (χ0n) is 30.1. The van der Waals surface area contributed by atoms with E-state index in [-0.39, 0.29) is 35.7 Å². The van der Waals surface area contributed by atoms with Crippen molar-refractivity contribution in [3.8, 4) is 22.3 Å². The van der Waals surface area contributed by atoms with E-state index in [0.717, 1.165) is 0 Å². The average Bonchev–Trinajstić information content (AvgIpc) is 3.59. The van der Waals surface area contributed by atoms with Gasteiger partial charge in [-0.2, -0.15) is 12.1 Å². The van der Waals surface area contributed by atoms with Crippen molar-refractivity contribution in [1.29, 1.82) is 0 Å². The molecule has 246 valence electrons. The van der Waals surface area contributed by atoms with E-state index in [1.54, 1.807) is 23.3 Å². The Morgan fingerprint density at radius 3 is 1.79 bits per heavy atom. The molecule has 6 rings (SSSR count). The Labute approximate surface area is 312 Å². The maximum absolute atomic E-state index is 2.35. The Morgan fingerprint density at radius 1 is 0.638 bits per heavy atom. The summed E-state index contributed by atoms with van der Waals surface area (Å²) in [5.41, 5.74) is 13.9. The Balaban J connectivity index is 0.000000285. The van der Waals surface area contributed by atoms with Crippen molar-refractivity contribution in [1.82, 2.24) is 0 Å². The van der Waals surface area contributed by atoms with E-state index < -0.39 is 0 Å². The van der Waals surface area contributed by atoms with E-state index in [1.165, 1.54) is 77.2 Å². The molecule has 4 heteroatoms. The Morgan fingerprint density at radius 2 is 1.21 bits per heavy atom. The fraction of sp³-hybridized carbons (Fsp3) is 0.302. The van der Waals surface area contributed by atoms with E-state index >= 15 is 0 Å². The van der Waals surface area contributed by atoms with Crippen LogP contribution in [-0.2, 0) is 28.8 Å². The van der Waals surface area contributed by atoms with Crippen LogP contribution in [0.1, 0.15) is 73.9 Å². The number of aryl methyl sites for hydroxylation is 4. The Bertz CT molecular complexity index is 1930. The molecule has 47 heavy (non-hydrogen) atoms. The smallest absolute Gasteiger partial charge is 0.0276 e. The monoisotopic (exact) mass is 754 g/mol. The Kier molecular flexibility index (Phi) is 15.2. The second-order valence-corrected chi connectivity index (χ2v) is 23.5. The van der Waals surface area contributed by atoms with Gasteiger partial charge in [0, 0.05) is 0 Å². The molecular formula is C43H50Cl2SiZr-2. The summed E-state index contributed by atoms with van der Waals surface area (Å²) < 4.78 is 0. The van der Waals surface area contributed by atoms with Gasteiger partial charge in [-0.25, -0.2) is 0 Å². The van der Waals surface area contributed by atoms with E-state index in [4.69, 9.17) is 0 Å². The van der Waals surface area contributed by atoms with Crippen LogP contribution in [0.4, 0.5) is 0 Å². The SMILES string of the molecule is CC(C)c1cc2c(-c3ccc(C(C)(C)C)cc3)cccc2[cH-]1.C[Si](C)=[Zr+2].Cc1cc2c(-c3ccc(C)c(C)c3)ccc(C)c2[cH-]1.[Cl-].[Cl-]. The van der Waals surface area contributed by atoms with E-state index in [2.05, 4.69) is 172 Å². The summed E-state index contributed by atoms with van der Waals surface area (Å²) in [5.74, 6) is 0.573. The minimum absolute atomic E-state index is 0. The zero-order valence-corrected chi connectivity index (χ0v) is 35.0. The molecular weight excluding hydrogens is 707 g/mol. The number of halogens is 2. The fourth-order valence-electron chi connectivity index (χ4n) is 5.74. The number of benzene rings is 4. The molecule has 0 radical (unpaired) electrons. The van der Waals surface area contributed by atoms with Crippen LogP contribution in [0.25, 0.3) is 43.8 Å². The van der Waals surface area contributed by atoms with Gasteiger partial charge in [-0.1, -0.05) is 114 Å². The van der Waals surface area contributed by atoms with Crippen LogP contribution in [0.3, 0.4) is 0 Å². The van der Waals surface area contributed by atoms with Crippen LogP contribution >= 0.6 is 0 Å². The third-order valence-electron chi connectivity index (χ3n) is 8.57. The fourth-order valence-corrected chi connectivity index (χ4v) is 5.74. The van der Waals surface area contributed by atoms with Crippen LogP contribution in [0.15, 0.2) is 97.1 Å². The van der Waals surface area contributed by atoms with Gasteiger partial charge < -0.3 is 24.8 Å². The molecule has 0 aromatic heterocycles. The quantitative estimate of drug-likeness (QED) is 0.136. The van der Waals surface area contributed by atoms with Gasteiger partial charge >= 0.3 is 41.9 Å². The minimum atomic E-state index is 0. The molecule has 0 N–H and O–H groups in total. The molecule has 0 saturated carbocycles. The molecule has 0 aliphatic rings. The second kappa shape index (κ2) is 17.4. The first-order valence-electron chi connectivity index (χ1n) is 16.2. The van der Waals surface area contributed by atoms with Gasteiger partial charge in [0.25, 0.3) is 0 Å². The van der Waals surface area contributed by atoms with Crippen molar-refractivity contribution in [3.63, 3.8) is 0 Å². The minimum Gasteiger partial charge on any atom is -1.00 e. The predicted octanol–water partition coefficient (Wildman–Crippen LogP) is 6.90. The Hall–Kier alpha value is -2.22. The predicted molar refractivity (Wildman–Crippen MR) is 199 cm³/mol. The van der Waals surface area contributed by atoms with Crippen molar-refractivity contribution in [3.05, 3.63) is 130 Å². The topological polar surface area (TPSA) is 0 Å². The van der Waals surface area contributed by atoms with E-state index in [0.29, 0.717) is 5.92 Å². The maximum atomic E-state index is 2.35. The van der Waals surface area contributed by atoms with Gasteiger partial charge in [0.05, 0.1) is 0 Å². The molecule has 0 aliphatic carbocycles. The van der Waals surface area contributed by atoms with Crippen LogP contribution in [0.5, 0.6) is 0 Å². The molecule has 0 amide bonds. The summed E-state index contributed by atoms with van der Waals surface area (Å²) in [4.78, 5) is 0. The van der Waals surface area contributed by atoms with Crippen molar-refractivity contribution in [2.24, 2.45) is 0 Å². The van der Waals surface area contributed by atoms with Crippen molar-refractivity contribution >= 4 is 27.0 Å². The first kappa shape index (κ1) is 41.0. The number of hydrogen-bond acceptors (Lipinski definition) is 0. The molecule has 6 aromatic carbocycles. The maximum Gasteiger partial charge on any atom is -0.0276 e. The summed E-state index contributed by atoms with van der Waals surface area (Å²) >= 11 is 1.74. The van der Waals surface area contributed by atoms with Crippen molar-refractivity contribution in [2.45, 2.75) is 86.7 Å². The van der Waals surface area contributed by atoms with E-state index in [1.807, 2.05) is 0 Å². The van der Waals surface area contributed by atoms with Crippen LogP contribution < -0.4 is 24.8 Å². The van der Waals surface area contributed by atoms with E-state index in [9.17, 15) is 0 Å². The third-order valence-corrected chi connectivity index (χ3v) is 8.57. The molecule has 0 spiro atoms. The van der Waals surface area contributed by atoms with Gasteiger partial charge in [-0.15, -0.1) is 68.6 Å². The van der Waals surface area contributed by atoms with Crippen molar-refractivity contribution < 1.29 is 48.1 Å². The molecule has 6 aromatic rings. The molecule has 0 atom stereocenters. The summed E-state index contributed by atoms with van der Waals surface area (Å²) in [6.45, 7) is 24.6. The molecule has 0 bridgehead atoms. The second-order valence-electron chi connectivity index (χ2n) is 14.2. The number of fused-ring (bicyclic) bond motifs is 2. The largest absolute Gasteiger partial charge is 1.00 e. The molecule has 0 saturated heterocycles. The standard InChI is InChI=1S/C22H25.C19H19.C2H6Si.2ClH.Zr/c1-15(2)18-13-17-7-6-8-20(21(17)14-18)16-9-11-19(12-10-16)22(3,4)5;1-12-9-18-14(3)6-8-17(19(18)10-12)16-7-5-13(2)15(4)11-16;1-3-2;;;/h6-15H,1-5H3;5-11H,1-4H3;1-2H3;2*1H;/q2*-1;;;;+2/p-2. The van der Waals surface area contributed by atoms with Crippen LogP contribution in [0.2, 0.25) is 13.1 Å². The zero-order chi connectivity index (χ0) is 33.1. The molecule has 0 fully saturated rings. The average molecular weight is 757 g/mol.